The van der Waals surface area contributed by atoms with Gasteiger partial charge in [0.2, 0.25) is 0 Å². The van der Waals surface area contributed by atoms with Crippen LogP contribution in [0.25, 0.3) is 10.2 Å². The van der Waals surface area contributed by atoms with E-state index in [2.05, 4.69) is 31.2 Å². The molecule has 8 nitrogen and oxygen atoms in total. The van der Waals surface area contributed by atoms with Crippen molar-refractivity contribution in [1.29, 1.82) is 0 Å². The Morgan fingerprint density at radius 2 is 1.79 bits per heavy atom. The van der Waals surface area contributed by atoms with Crippen LogP contribution < -0.4 is 15.1 Å². The number of urea groups is 1. The molecule has 33 heavy (non-hydrogen) atoms. The van der Waals surface area contributed by atoms with Gasteiger partial charge in [0.15, 0.2) is 0 Å². The predicted molar refractivity (Wildman–Crippen MR) is 128 cm³/mol. The monoisotopic (exact) mass is 470 g/mol. The summed E-state index contributed by atoms with van der Waals surface area (Å²) in [7, 11) is 0. The Balaban J connectivity index is 1.23. The molecule has 1 aromatic carbocycles. The zero-order valence-corrected chi connectivity index (χ0v) is 19.4. The lowest BCUT2D eigenvalue weighted by atomic mass is 10.1. The van der Waals surface area contributed by atoms with Gasteiger partial charge in [-0.05, 0) is 30.7 Å². The van der Waals surface area contributed by atoms with Gasteiger partial charge in [-0.15, -0.1) is 11.3 Å². The van der Waals surface area contributed by atoms with Gasteiger partial charge in [-0.2, -0.15) is 0 Å². The van der Waals surface area contributed by atoms with Crippen LogP contribution in [0, 0.1) is 5.82 Å². The van der Waals surface area contributed by atoms with Crippen LogP contribution in [0.15, 0.2) is 36.7 Å². The molecule has 2 amide bonds. The third-order valence-electron chi connectivity index (χ3n) is 6.18. The molecule has 5 rings (SSSR count). The zero-order chi connectivity index (χ0) is 22.8. The van der Waals surface area contributed by atoms with Crippen LogP contribution in [0.1, 0.15) is 18.5 Å². The number of halogens is 1. The number of hydrogen-bond donors (Lipinski definition) is 1. The Kier molecular flexibility index (Phi) is 6.28. The number of rotatable bonds is 4. The van der Waals surface area contributed by atoms with E-state index in [1.807, 2.05) is 11.8 Å². The fourth-order valence-electron chi connectivity index (χ4n) is 4.23. The highest BCUT2D eigenvalue weighted by atomic mass is 32.1. The number of nitrogens with one attached hydrogen (secondary N) is 1. The summed E-state index contributed by atoms with van der Waals surface area (Å²) >= 11 is 1.72. The Bertz CT molecular complexity index is 1110. The van der Waals surface area contributed by atoms with E-state index < -0.39 is 0 Å². The van der Waals surface area contributed by atoms with Gasteiger partial charge in [-0.25, -0.2) is 19.2 Å². The van der Waals surface area contributed by atoms with Gasteiger partial charge in [0.25, 0.3) is 0 Å². The van der Waals surface area contributed by atoms with Gasteiger partial charge in [-0.3, -0.25) is 0 Å². The molecule has 174 valence electrons. The molecule has 2 aromatic heterocycles. The maximum Gasteiger partial charge on any atom is 0.317 e. The van der Waals surface area contributed by atoms with Crippen molar-refractivity contribution in [2.75, 3.05) is 62.3 Å². The summed E-state index contributed by atoms with van der Waals surface area (Å²) < 4.78 is 19.7. The molecule has 1 N–H and O–H groups in total. The normalized spacial score (nSPS) is 17.9. The highest BCUT2D eigenvalue weighted by Crippen LogP contribution is 2.36. The maximum absolute atomic E-state index is 13.2. The standard InChI is InChI=1S/C23H27FN6O2S/c1-16(17-2-4-18(24)5-3-17)27-23(31)30-8-6-29(7-9-30)22-21-19(25-15-26-22)14-20(33-21)28-10-12-32-13-11-28/h2-5,14-16H,6-13H2,1H3,(H,27,31). The Morgan fingerprint density at radius 3 is 2.52 bits per heavy atom. The number of hydrogen-bond acceptors (Lipinski definition) is 7. The van der Waals surface area contributed by atoms with Crippen molar-refractivity contribution in [2.45, 2.75) is 13.0 Å². The predicted octanol–water partition coefficient (Wildman–Crippen LogP) is 3.26. The first-order valence-corrected chi connectivity index (χ1v) is 12.0. The van der Waals surface area contributed by atoms with Gasteiger partial charge in [0, 0.05) is 39.3 Å². The van der Waals surface area contributed by atoms with Crippen molar-refractivity contribution < 1.29 is 13.9 Å². The topological polar surface area (TPSA) is 73.8 Å². The quantitative estimate of drug-likeness (QED) is 0.631. The molecule has 0 aliphatic carbocycles. The summed E-state index contributed by atoms with van der Waals surface area (Å²) in [5, 5.41) is 4.21. The highest BCUT2D eigenvalue weighted by Gasteiger charge is 2.25. The first-order chi connectivity index (χ1) is 16.1. The van der Waals surface area contributed by atoms with Crippen LogP contribution in [-0.4, -0.2) is 73.4 Å². The van der Waals surface area contributed by atoms with Crippen LogP contribution in [0.2, 0.25) is 0 Å². The number of piperazine rings is 1. The van der Waals surface area contributed by atoms with E-state index in [1.165, 1.54) is 17.1 Å². The van der Waals surface area contributed by atoms with Gasteiger partial charge in [0.1, 0.15) is 18.0 Å². The molecule has 2 fully saturated rings. The summed E-state index contributed by atoms with van der Waals surface area (Å²) in [4.78, 5) is 28.2. The fraction of sp³-hybridized carbons (Fsp3) is 0.435. The molecule has 2 aliphatic rings. The molecule has 2 aliphatic heterocycles. The molecule has 10 heteroatoms. The van der Waals surface area contributed by atoms with Crippen molar-refractivity contribution in [3.63, 3.8) is 0 Å². The summed E-state index contributed by atoms with van der Waals surface area (Å²) in [6.07, 6.45) is 1.62. The lowest BCUT2D eigenvalue weighted by Gasteiger charge is -2.36. The number of morpholine rings is 1. The minimum absolute atomic E-state index is 0.106. The third kappa shape index (κ3) is 4.72. The van der Waals surface area contributed by atoms with Crippen LogP contribution >= 0.6 is 11.3 Å². The van der Waals surface area contributed by atoms with Gasteiger partial charge in [0.05, 0.1) is 34.5 Å². The number of aromatic nitrogens is 2. The zero-order valence-electron chi connectivity index (χ0n) is 18.5. The Labute approximate surface area is 196 Å². The second-order valence-electron chi connectivity index (χ2n) is 8.29. The average Bonchev–Trinajstić information content (AvgIpc) is 3.30. The van der Waals surface area contributed by atoms with Crippen molar-refractivity contribution in [3.05, 3.63) is 48.0 Å². The molecule has 0 spiro atoms. The summed E-state index contributed by atoms with van der Waals surface area (Å²) in [6.45, 7) is 7.79. The number of thiophene rings is 1. The summed E-state index contributed by atoms with van der Waals surface area (Å²) in [6, 6.07) is 8.06. The van der Waals surface area contributed by atoms with Crippen molar-refractivity contribution in [1.82, 2.24) is 20.2 Å². The van der Waals surface area contributed by atoms with E-state index in [-0.39, 0.29) is 17.9 Å². The summed E-state index contributed by atoms with van der Waals surface area (Å²) in [5.74, 6) is 0.652. The smallest absolute Gasteiger partial charge is 0.317 e. The van der Waals surface area contributed by atoms with E-state index in [0.717, 1.165) is 47.9 Å². The maximum atomic E-state index is 13.2. The largest absolute Gasteiger partial charge is 0.378 e. The van der Waals surface area contributed by atoms with Gasteiger partial charge >= 0.3 is 6.03 Å². The van der Waals surface area contributed by atoms with E-state index in [0.29, 0.717) is 26.2 Å². The van der Waals surface area contributed by atoms with Crippen LogP contribution in [0.5, 0.6) is 0 Å². The molecule has 1 unspecified atom stereocenters. The minimum atomic E-state index is -0.282. The van der Waals surface area contributed by atoms with Crippen molar-refractivity contribution in [2.24, 2.45) is 0 Å². The molecule has 4 heterocycles. The first-order valence-electron chi connectivity index (χ1n) is 11.2. The lowest BCUT2D eigenvalue weighted by Crippen LogP contribution is -2.52. The molecular weight excluding hydrogens is 443 g/mol. The second-order valence-corrected chi connectivity index (χ2v) is 9.32. The van der Waals surface area contributed by atoms with E-state index in [9.17, 15) is 9.18 Å². The van der Waals surface area contributed by atoms with Crippen molar-refractivity contribution >= 4 is 38.4 Å². The summed E-state index contributed by atoms with van der Waals surface area (Å²) in [5.41, 5.74) is 1.83. The fourth-order valence-corrected chi connectivity index (χ4v) is 5.41. The van der Waals surface area contributed by atoms with Crippen LogP contribution in [0.4, 0.5) is 20.0 Å². The highest BCUT2D eigenvalue weighted by molar-refractivity contribution is 7.23. The molecule has 3 aromatic rings. The van der Waals surface area contributed by atoms with Crippen LogP contribution in [0.3, 0.4) is 0 Å². The number of fused-ring (bicyclic) bond motifs is 1. The first kappa shape index (κ1) is 21.8. The molecular formula is C23H27FN6O2S. The molecule has 0 bridgehead atoms. The second kappa shape index (κ2) is 9.48. The van der Waals surface area contributed by atoms with Crippen LogP contribution in [-0.2, 0) is 4.74 Å². The van der Waals surface area contributed by atoms with Gasteiger partial charge in [-0.1, -0.05) is 12.1 Å². The average molecular weight is 471 g/mol. The van der Waals surface area contributed by atoms with Gasteiger partial charge < -0.3 is 24.8 Å². The Hall–Kier alpha value is -2.98. The van der Waals surface area contributed by atoms with E-state index >= 15 is 0 Å². The SMILES string of the molecule is CC(NC(=O)N1CCN(c2ncnc3cc(N4CCOCC4)sc23)CC1)c1ccc(F)cc1. The number of amides is 2. The third-order valence-corrected chi connectivity index (χ3v) is 7.36. The molecule has 1 atom stereocenters. The number of anilines is 2. The van der Waals surface area contributed by atoms with E-state index in [4.69, 9.17) is 4.74 Å². The number of nitrogens with zero attached hydrogens (tertiary/aromatic N) is 5. The number of carbonyl (C=O) groups is 1. The van der Waals surface area contributed by atoms with Crippen molar-refractivity contribution in [3.8, 4) is 0 Å². The molecule has 0 saturated carbocycles. The lowest BCUT2D eigenvalue weighted by molar-refractivity contribution is 0.123. The Morgan fingerprint density at radius 1 is 1.06 bits per heavy atom. The molecule has 2 saturated heterocycles. The number of ether oxygens (including phenoxy) is 1. The number of carbonyl (C=O) groups excluding carboxylic acids is 1. The minimum Gasteiger partial charge on any atom is -0.378 e. The number of benzene rings is 1. The molecule has 0 radical (unpaired) electrons. The van der Waals surface area contributed by atoms with E-state index in [1.54, 1.807) is 29.8 Å².